The third-order valence-corrected chi connectivity index (χ3v) is 5.74. The molecule has 1 N–H and O–H groups in total. The minimum absolute atomic E-state index is 0.245. The van der Waals surface area contributed by atoms with Crippen LogP contribution >= 0.6 is 22.7 Å². The van der Waals surface area contributed by atoms with E-state index in [0.717, 1.165) is 23.0 Å². The highest BCUT2D eigenvalue weighted by atomic mass is 32.1. The third-order valence-electron chi connectivity index (χ3n) is 3.97. The normalized spacial score (nSPS) is 11.0. The number of carbonyl (C=O) groups is 1. The Balaban J connectivity index is 1.44. The van der Waals surface area contributed by atoms with E-state index < -0.39 is 0 Å². The maximum atomic E-state index is 12.4. The number of nitrogens with one attached hydrogen (secondary N) is 1. The van der Waals surface area contributed by atoms with Gasteiger partial charge in [0, 0.05) is 17.1 Å². The number of para-hydroxylation sites is 1. The summed E-state index contributed by atoms with van der Waals surface area (Å²) in [6, 6.07) is 17.3. The summed E-state index contributed by atoms with van der Waals surface area (Å²) in [4.78, 5) is 15.9. The Hall–Kier alpha value is -2.81. The van der Waals surface area contributed by atoms with Gasteiger partial charge in [0.25, 0.3) is 5.91 Å². The molecule has 1 aromatic carbocycles. The lowest BCUT2D eigenvalue weighted by Crippen LogP contribution is -2.21. The lowest BCUT2D eigenvalue weighted by atomic mass is 10.3. The Morgan fingerprint density at radius 2 is 1.89 bits per heavy atom. The Morgan fingerprint density at radius 1 is 1.00 bits per heavy atom. The zero-order valence-electron chi connectivity index (χ0n) is 14.9. The fourth-order valence-corrected chi connectivity index (χ4v) is 4.24. The van der Waals surface area contributed by atoms with E-state index in [1.807, 2.05) is 48.5 Å². The second kappa shape index (κ2) is 8.92. The number of benzene rings is 1. The van der Waals surface area contributed by atoms with E-state index in [1.54, 1.807) is 17.6 Å². The van der Waals surface area contributed by atoms with Crippen molar-refractivity contribution in [3.05, 3.63) is 86.9 Å². The van der Waals surface area contributed by atoms with Crippen molar-refractivity contribution in [3.8, 4) is 0 Å². The van der Waals surface area contributed by atoms with Crippen LogP contribution in [0.2, 0.25) is 0 Å². The van der Waals surface area contributed by atoms with Gasteiger partial charge in [0.1, 0.15) is 10.8 Å². The first kappa shape index (κ1) is 18.5. The summed E-state index contributed by atoms with van der Waals surface area (Å²) in [5.41, 5.74) is 0.737. The SMILES string of the molecule is O=C(Nc1ccccc1)c1nnc(CN(Cc2ccco2)Cc2cccs2)s1. The van der Waals surface area contributed by atoms with Crippen molar-refractivity contribution in [3.63, 3.8) is 0 Å². The lowest BCUT2D eigenvalue weighted by molar-refractivity contribution is 0.102. The molecular weight excluding hydrogens is 392 g/mol. The van der Waals surface area contributed by atoms with Gasteiger partial charge in [-0.05, 0) is 35.7 Å². The molecule has 4 aromatic rings. The summed E-state index contributed by atoms with van der Waals surface area (Å²) < 4.78 is 5.50. The van der Waals surface area contributed by atoms with Crippen molar-refractivity contribution in [1.29, 1.82) is 0 Å². The molecule has 0 saturated carbocycles. The summed E-state index contributed by atoms with van der Waals surface area (Å²) in [5.74, 6) is 0.647. The summed E-state index contributed by atoms with van der Waals surface area (Å²) in [5, 5.41) is 14.3. The van der Waals surface area contributed by atoms with Crippen molar-refractivity contribution >= 4 is 34.3 Å². The zero-order valence-corrected chi connectivity index (χ0v) is 16.6. The number of hydrogen-bond acceptors (Lipinski definition) is 7. The summed E-state index contributed by atoms with van der Waals surface area (Å²) in [7, 11) is 0. The van der Waals surface area contributed by atoms with Crippen molar-refractivity contribution in [1.82, 2.24) is 15.1 Å². The lowest BCUT2D eigenvalue weighted by Gasteiger charge is -2.18. The van der Waals surface area contributed by atoms with Crippen LogP contribution in [0.5, 0.6) is 0 Å². The average molecular weight is 411 g/mol. The van der Waals surface area contributed by atoms with E-state index >= 15 is 0 Å². The molecule has 0 aliphatic rings. The molecule has 3 aromatic heterocycles. The molecule has 3 heterocycles. The van der Waals surface area contributed by atoms with Gasteiger partial charge in [-0.1, -0.05) is 35.6 Å². The quantitative estimate of drug-likeness (QED) is 0.458. The number of carbonyl (C=O) groups excluding carboxylic acids is 1. The van der Waals surface area contributed by atoms with E-state index in [9.17, 15) is 4.79 Å². The van der Waals surface area contributed by atoms with E-state index in [4.69, 9.17) is 4.42 Å². The summed E-state index contributed by atoms with van der Waals surface area (Å²) in [6.45, 7) is 2.04. The molecule has 4 rings (SSSR count). The van der Waals surface area contributed by atoms with Crippen LogP contribution in [-0.4, -0.2) is 21.0 Å². The molecule has 0 spiro atoms. The van der Waals surface area contributed by atoms with Crippen molar-refractivity contribution in [2.75, 3.05) is 5.32 Å². The van der Waals surface area contributed by atoms with Gasteiger partial charge in [-0.2, -0.15) is 0 Å². The first-order chi connectivity index (χ1) is 13.8. The highest BCUT2D eigenvalue weighted by Crippen LogP contribution is 2.20. The van der Waals surface area contributed by atoms with Crippen molar-refractivity contribution in [2.24, 2.45) is 0 Å². The predicted molar refractivity (Wildman–Crippen MR) is 110 cm³/mol. The van der Waals surface area contributed by atoms with Crippen LogP contribution < -0.4 is 5.32 Å². The predicted octanol–water partition coefficient (Wildman–Crippen LogP) is 4.65. The molecule has 8 heteroatoms. The maximum absolute atomic E-state index is 12.4. The molecule has 0 atom stereocenters. The number of nitrogens with zero attached hydrogens (tertiary/aromatic N) is 3. The molecule has 142 valence electrons. The largest absolute Gasteiger partial charge is 0.468 e. The fourth-order valence-electron chi connectivity index (χ4n) is 2.72. The molecule has 0 fully saturated rings. The molecule has 28 heavy (non-hydrogen) atoms. The monoisotopic (exact) mass is 410 g/mol. The highest BCUT2D eigenvalue weighted by Gasteiger charge is 2.17. The number of amides is 1. The van der Waals surface area contributed by atoms with Crippen LogP contribution in [-0.2, 0) is 19.6 Å². The molecule has 0 aliphatic heterocycles. The van der Waals surface area contributed by atoms with Crippen molar-refractivity contribution in [2.45, 2.75) is 19.6 Å². The smallest absolute Gasteiger partial charge is 0.286 e. The minimum Gasteiger partial charge on any atom is -0.468 e. The number of hydrogen-bond donors (Lipinski definition) is 1. The number of thiophene rings is 1. The van der Waals surface area contributed by atoms with Gasteiger partial charge < -0.3 is 9.73 Å². The molecule has 1 amide bonds. The van der Waals surface area contributed by atoms with Gasteiger partial charge in [0.2, 0.25) is 5.01 Å². The number of anilines is 1. The second-order valence-corrected chi connectivity index (χ2v) is 8.22. The number of furan rings is 1. The number of rotatable bonds is 8. The first-order valence-corrected chi connectivity index (χ1v) is 10.4. The zero-order chi connectivity index (χ0) is 19.2. The third kappa shape index (κ3) is 4.92. The van der Waals surface area contributed by atoms with Gasteiger partial charge >= 0.3 is 0 Å². The van der Waals surface area contributed by atoms with Gasteiger partial charge in [0.05, 0.1) is 19.4 Å². The maximum Gasteiger partial charge on any atom is 0.286 e. The van der Waals surface area contributed by atoms with E-state index in [0.29, 0.717) is 18.1 Å². The van der Waals surface area contributed by atoms with Crippen LogP contribution in [0, 0.1) is 0 Å². The van der Waals surface area contributed by atoms with Gasteiger partial charge in [0.15, 0.2) is 0 Å². The summed E-state index contributed by atoms with van der Waals surface area (Å²) in [6.07, 6.45) is 1.68. The Kier molecular flexibility index (Phi) is 5.91. The molecule has 0 radical (unpaired) electrons. The van der Waals surface area contributed by atoms with E-state index in [1.165, 1.54) is 16.2 Å². The minimum atomic E-state index is -0.245. The van der Waals surface area contributed by atoms with Gasteiger partial charge in [-0.15, -0.1) is 21.5 Å². The molecule has 0 saturated heterocycles. The average Bonchev–Trinajstić information content (AvgIpc) is 3.45. The number of aromatic nitrogens is 2. The standard InChI is InChI=1S/C20H18N4O2S2/c25-19(21-15-6-2-1-3-7-15)20-23-22-18(28-20)14-24(12-16-8-4-10-26-16)13-17-9-5-11-27-17/h1-11H,12-14H2,(H,21,25). The topological polar surface area (TPSA) is 71.3 Å². The molecular formula is C20H18N4O2S2. The van der Waals surface area contributed by atoms with E-state index in [-0.39, 0.29) is 5.91 Å². The Morgan fingerprint density at radius 3 is 2.64 bits per heavy atom. The van der Waals surface area contributed by atoms with E-state index in [2.05, 4.69) is 31.9 Å². The molecule has 6 nitrogen and oxygen atoms in total. The fraction of sp³-hybridized carbons (Fsp3) is 0.150. The van der Waals surface area contributed by atoms with Crippen molar-refractivity contribution < 1.29 is 9.21 Å². The Labute approximate surface area is 170 Å². The van der Waals surface area contributed by atoms with Gasteiger partial charge in [-0.3, -0.25) is 9.69 Å². The van der Waals surface area contributed by atoms with Crippen LogP contribution in [0.4, 0.5) is 5.69 Å². The molecule has 0 unspecified atom stereocenters. The highest BCUT2D eigenvalue weighted by molar-refractivity contribution is 7.13. The Bertz CT molecular complexity index is 962. The van der Waals surface area contributed by atoms with Gasteiger partial charge in [-0.25, -0.2) is 0 Å². The van der Waals surface area contributed by atoms with Crippen LogP contribution in [0.3, 0.4) is 0 Å². The first-order valence-electron chi connectivity index (χ1n) is 8.72. The van der Waals surface area contributed by atoms with Crippen LogP contribution in [0.15, 0.2) is 70.7 Å². The second-order valence-electron chi connectivity index (χ2n) is 6.12. The summed E-state index contributed by atoms with van der Waals surface area (Å²) >= 11 is 3.03. The van der Waals surface area contributed by atoms with Crippen LogP contribution in [0.1, 0.15) is 25.4 Å². The molecule has 0 aliphatic carbocycles. The van der Waals surface area contributed by atoms with Crippen LogP contribution in [0.25, 0.3) is 0 Å². The molecule has 0 bridgehead atoms.